The Morgan fingerprint density at radius 3 is 2.80 bits per heavy atom. The minimum absolute atomic E-state index is 0.0493. The summed E-state index contributed by atoms with van der Waals surface area (Å²) in [5.74, 6) is 1.12. The Bertz CT molecular complexity index is 374. The number of benzene rings is 1. The van der Waals surface area contributed by atoms with Crippen LogP contribution in [0.5, 0.6) is 5.75 Å². The van der Waals surface area contributed by atoms with Crippen LogP contribution in [-0.2, 0) is 0 Å². The Morgan fingerprint density at radius 1 is 1.53 bits per heavy atom. The summed E-state index contributed by atoms with van der Waals surface area (Å²) < 4.78 is 0.916. The molecule has 0 spiro atoms. The molecule has 2 rings (SSSR count). The first-order valence-corrected chi connectivity index (χ1v) is 6.12. The van der Waals surface area contributed by atoms with Gasteiger partial charge >= 0.3 is 0 Å². The van der Waals surface area contributed by atoms with Gasteiger partial charge in [-0.3, -0.25) is 0 Å². The molecule has 3 heteroatoms. The molecule has 1 atom stereocenters. The Kier molecular flexibility index (Phi) is 3.03. The number of hydrogen-bond acceptors (Lipinski definition) is 2. The van der Waals surface area contributed by atoms with Gasteiger partial charge in [-0.1, -0.05) is 34.8 Å². The average Bonchev–Trinajstić information content (AvgIpc) is 2.96. The monoisotopic (exact) mass is 269 g/mol. The second kappa shape index (κ2) is 4.14. The van der Waals surface area contributed by atoms with Gasteiger partial charge in [0.25, 0.3) is 0 Å². The van der Waals surface area contributed by atoms with Crippen LogP contribution < -0.4 is 5.73 Å². The maximum absolute atomic E-state index is 9.97. The van der Waals surface area contributed by atoms with Gasteiger partial charge in [0, 0.05) is 16.1 Å². The molecule has 0 unspecified atom stereocenters. The number of hydrogen-bond donors (Lipinski definition) is 2. The van der Waals surface area contributed by atoms with E-state index in [1.165, 1.54) is 12.8 Å². The standard InChI is InChI=1S/C12H16BrNO/c1-7-2-5-9(13)11(12(7)15)10(14)6-8-3-4-8/h2,5,8,10,15H,3-4,6,14H2,1H3/t10-/m1/s1. The third-order valence-corrected chi connectivity index (χ3v) is 3.71. The molecule has 82 valence electrons. The Balaban J connectivity index is 2.27. The quantitative estimate of drug-likeness (QED) is 0.885. The highest BCUT2D eigenvalue weighted by atomic mass is 79.9. The van der Waals surface area contributed by atoms with Crippen molar-refractivity contribution in [2.45, 2.75) is 32.2 Å². The highest BCUT2D eigenvalue weighted by Gasteiger charge is 2.26. The molecule has 1 aliphatic rings. The third-order valence-electron chi connectivity index (χ3n) is 3.02. The molecule has 0 bridgehead atoms. The zero-order valence-electron chi connectivity index (χ0n) is 8.83. The van der Waals surface area contributed by atoms with E-state index >= 15 is 0 Å². The summed E-state index contributed by atoms with van der Waals surface area (Å²) in [6, 6.07) is 3.80. The number of halogens is 1. The third kappa shape index (κ3) is 2.34. The van der Waals surface area contributed by atoms with Gasteiger partial charge in [-0.05, 0) is 30.9 Å². The lowest BCUT2D eigenvalue weighted by Gasteiger charge is -2.16. The van der Waals surface area contributed by atoms with Gasteiger partial charge in [0.05, 0.1) is 0 Å². The Hall–Kier alpha value is -0.540. The maximum Gasteiger partial charge on any atom is 0.124 e. The molecular formula is C12H16BrNO. The molecule has 15 heavy (non-hydrogen) atoms. The van der Waals surface area contributed by atoms with Crippen molar-refractivity contribution in [2.75, 3.05) is 0 Å². The highest BCUT2D eigenvalue weighted by molar-refractivity contribution is 9.10. The van der Waals surface area contributed by atoms with E-state index in [0.717, 1.165) is 27.9 Å². The smallest absolute Gasteiger partial charge is 0.124 e. The van der Waals surface area contributed by atoms with Crippen molar-refractivity contribution in [1.29, 1.82) is 0 Å². The number of aryl methyl sites for hydroxylation is 1. The normalized spacial score (nSPS) is 17.8. The van der Waals surface area contributed by atoms with Crippen molar-refractivity contribution in [1.82, 2.24) is 0 Å². The van der Waals surface area contributed by atoms with Crippen LogP contribution in [0.3, 0.4) is 0 Å². The molecular weight excluding hydrogens is 254 g/mol. The van der Waals surface area contributed by atoms with E-state index in [-0.39, 0.29) is 6.04 Å². The molecule has 0 aromatic heterocycles. The summed E-state index contributed by atoms with van der Waals surface area (Å²) in [4.78, 5) is 0. The van der Waals surface area contributed by atoms with Crippen LogP contribution in [0.25, 0.3) is 0 Å². The molecule has 1 aromatic carbocycles. The van der Waals surface area contributed by atoms with E-state index in [2.05, 4.69) is 15.9 Å². The topological polar surface area (TPSA) is 46.2 Å². The molecule has 0 amide bonds. The van der Waals surface area contributed by atoms with Crippen LogP contribution in [0.1, 0.15) is 36.4 Å². The van der Waals surface area contributed by atoms with Crippen molar-refractivity contribution in [2.24, 2.45) is 11.7 Å². The van der Waals surface area contributed by atoms with Crippen molar-refractivity contribution in [3.05, 3.63) is 27.7 Å². The number of phenolic OH excluding ortho intramolecular Hbond substituents is 1. The molecule has 3 N–H and O–H groups in total. The van der Waals surface area contributed by atoms with Crippen LogP contribution in [-0.4, -0.2) is 5.11 Å². The predicted molar refractivity (Wildman–Crippen MR) is 64.8 cm³/mol. The molecule has 1 saturated carbocycles. The van der Waals surface area contributed by atoms with Gasteiger partial charge in [0.1, 0.15) is 5.75 Å². The first kappa shape index (κ1) is 11.0. The maximum atomic E-state index is 9.97. The SMILES string of the molecule is Cc1ccc(Br)c([C@H](N)CC2CC2)c1O. The molecule has 2 nitrogen and oxygen atoms in total. The van der Waals surface area contributed by atoms with Gasteiger partial charge in [-0.15, -0.1) is 0 Å². The van der Waals surface area contributed by atoms with Gasteiger partial charge in [0.2, 0.25) is 0 Å². The second-order valence-electron chi connectivity index (χ2n) is 4.41. The van der Waals surface area contributed by atoms with Gasteiger partial charge in [0.15, 0.2) is 0 Å². The zero-order valence-corrected chi connectivity index (χ0v) is 10.4. The fraction of sp³-hybridized carbons (Fsp3) is 0.500. The fourth-order valence-electron chi connectivity index (χ4n) is 1.88. The second-order valence-corrected chi connectivity index (χ2v) is 5.27. The molecule has 0 radical (unpaired) electrons. The van der Waals surface area contributed by atoms with Gasteiger partial charge in [-0.2, -0.15) is 0 Å². The fourth-order valence-corrected chi connectivity index (χ4v) is 2.49. The Morgan fingerprint density at radius 2 is 2.20 bits per heavy atom. The van der Waals surface area contributed by atoms with Crippen LogP contribution >= 0.6 is 15.9 Å². The van der Waals surface area contributed by atoms with Crippen LogP contribution in [0, 0.1) is 12.8 Å². The highest BCUT2D eigenvalue weighted by Crippen LogP contribution is 2.41. The summed E-state index contributed by atoms with van der Waals surface area (Å²) in [6.45, 7) is 1.90. The van der Waals surface area contributed by atoms with Crippen LogP contribution in [0.15, 0.2) is 16.6 Å². The number of phenols is 1. The van der Waals surface area contributed by atoms with Gasteiger partial charge in [-0.25, -0.2) is 0 Å². The first-order chi connectivity index (χ1) is 7.09. The van der Waals surface area contributed by atoms with E-state index in [0.29, 0.717) is 5.75 Å². The molecule has 1 fully saturated rings. The lowest BCUT2D eigenvalue weighted by atomic mass is 9.99. The zero-order chi connectivity index (χ0) is 11.0. The molecule has 0 heterocycles. The van der Waals surface area contributed by atoms with Crippen molar-refractivity contribution in [3.63, 3.8) is 0 Å². The van der Waals surface area contributed by atoms with E-state index in [1.807, 2.05) is 19.1 Å². The number of nitrogens with two attached hydrogens (primary N) is 1. The molecule has 0 saturated heterocycles. The minimum Gasteiger partial charge on any atom is -0.507 e. The van der Waals surface area contributed by atoms with Crippen molar-refractivity contribution >= 4 is 15.9 Å². The average molecular weight is 270 g/mol. The van der Waals surface area contributed by atoms with Crippen LogP contribution in [0.2, 0.25) is 0 Å². The summed E-state index contributed by atoms with van der Waals surface area (Å²) in [5, 5.41) is 9.97. The molecule has 1 aliphatic carbocycles. The largest absolute Gasteiger partial charge is 0.507 e. The first-order valence-electron chi connectivity index (χ1n) is 5.33. The van der Waals surface area contributed by atoms with E-state index < -0.39 is 0 Å². The molecule has 1 aromatic rings. The summed E-state index contributed by atoms with van der Waals surface area (Å²) in [7, 11) is 0. The summed E-state index contributed by atoms with van der Waals surface area (Å²) in [5.41, 5.74) is 7.87. The van der Waals surface area contributed by atoms with E-state index in [9.17, 15) is 5.11 Å². The lowest BCUT2D eigenvalue weighted by Crippen LogP contribution is -2.12. The summed E-state index contributed by atoms with van der Waals surface area (Å²) in [6.07, 6.45) is 3.56. The lowest BCUT2D eigenvalue weighted by molar-refractivity contribution is 0.450. The predicted octanol–water partition coefficient (Wildman–Crippen LogP) is 3.26. The van der Waals surface area contributed by atoms with Crippen molar-refractivity contribution < 1.29 is 5.11 Å². The van der Waals surface area contributed by atoms with Crippen LogP contribution in [0.4, 0.5) is 0 Å². The van der Waals surface area contributed by atoms with Gasteiger partial charge < -0.3 is 10.8 Å². The number of rotatable bonds is 3. The Labute approximate surface area is 98.6 Å². The minimum atomic E-state index is -0.0493. The molecule has 0 aliphatic heterocycles. The van der Waals surface area contributed by atoms with E-state index in [1.54, 1.807) is 0 Å². The van der Waals surface area contributed by atoms with Crippen molar-refractivity contribution in [3.8, 4) is 5.75 Å². The number of aromatic hydroxyl groups is 1. The van der Waals surface area contributed by atoms with E-state index in [4.69, 9.17) is 5.73 Å². The summed E-state index contributed by atoms with van der Waals surface area (Å²) >= 11 is 3.45.